The zero-order valence-corrected chi connectivity index (χ0v) is 16.7. The molecule has 28 heavy (non-hydrogen) atoms. The van der Waals surface area contributed by atoms with Crippen LogP contribution in [0.4, 0.5) is 5.69 Å². The Balaban J connectivity index is 1.28. The first-order valence-corrected chi connectivity index (χ1v) is 10.2. The summed E-state index contributed by atoms with van der Waals surface area (Å²) in [6, 6.07) is 16.1. The van der Waals surface area contributed by atoms with Crippen LogP contribution in [-0.4, -0.2) is 66.2 Å². The maximum atomic E-state index is 12.6. The van der Waals surface area contributed by atoms with Crippen LogP contribution in [0, 0.1) is 0 Å². The minimum absolute atomic E-state index is 0.0595. The van der Waals surface area contributed by atoms with Gasteiger partial charge in [0.15, 0.2) is 0 Å². The van der Waals surface area contributed by atoms with Crippen molar-refractivity contribution >= 4 is 23.2 Å². The van der Waals surface area contributed by atoms with Crippen LogP contribution < -0.4 is 4.90 Å². The maximum Gasteiger partial charge on any atom is 0.242 e. The van der Waals surface area contributed by atoms with Crippen molar-refractivity contribution < 1.29 is 9.90 Å². The number of β-amino-alcohol motifs (C(OH)–C–C–N with tert-alkyl or cyclic N) is 1. The van der Waals surface area contributed by atoms with Gasteiger partial charge in [0, 0.05) is 50.0 Å². The molecule has 1 N–H and O–H groups in total. The van der Waals surface area contributed by atoms with E-state index in [0.29, 0.717) is 31.2 Å². The predicted molar refractivity (Wildman–Crippen MR) is 112 cm³/mol. The summed E-state index contributed by atoms with van der Waals surface area (Å²) in [4.78, 5) is 18.7. The van der Waals surface area contributed by atoms with Crippen LogP contribution >= 0.6 is 11.6 Å². The number of hydrogen-bond acceptors (Lipinski definition) is 4. The first kappa shape index (κ1) is 19.2. The van der Waals surface area contributed by atoms with E-state index in [2.05, 4.69) is 34.1 Å². The Morgan fingerprint density at radius 1 is 0.929 bits per heavy atom. The van der Waals surface area contributed by atoms with Crippen LogP contribution in [0.3, 0.4) is 0 Å². The Kier molecular flexibility index (Phi) is 5.85. The number of carbonyl (C=O) groups excluding carboxylic acids is 1. The molecule has 0 aliphatic carbocycles. The van der Waals surface area contributed by atoms with Crippen LogP contribution in [0.5, 0.6) is 0 Å². The van der Waals surface area contributed by atoms with E-state index >= 15 is 0 Å². The third-order valence-electron chi connectivity index (χ3n) is 5.62. The summed E-state index contributed by atoms with van der Waals surface area (Å²) in [6.07, 6.45) is 0.484. The molecule has 1 fully saturated rings. The summed E-state index contributed by atoms with van der Waals surface area (Å²) in [6.45, 7) is 4.53. The molecule has 6 heteroatoms. The van der Waals surface area contributed by atoms with Gasteiger partial charge >= 0.3 is 0 Å². The van der Waals surface area contributed by atoms with Gasteiger partial charge in [-0.1, -0.05) is 35.9 Å². The van der Waals surface area contributed by atoms with Crippen molar-refractivity contribution in [3.63, 3.8) is 0 Å². The number of anilines is 1. The average Bonchev–Trinajstić information content (AvgIpc) is 2.70. The number of hydrogen-bond donors (Lipinski definition) is 1. The lowest BCUT2D eigenvalue weighted by Crippen LogP contribution is -2.53. The molecule has 2 aliphatic rings. The second kappa shape index (κ2) is 8.52. The van der Waals surface area contributed by atoms with Gasteiger partial charge in [-0.25, -0.2) is 0 Å². The molecule has 1 unspecified atom stereocenters. The minimum Gasteiger partial charge on any atom is -0.390 e. The Labute approximate surface area is 171 Å². The summed E-state index contributed by atoms with van der Waals surface area (Å²) in [5.74, 6) is 0.0595. The summed E-state index contributed by atoms with van der Waals surface area (Å²) >= 11 is 5.94. The van der Waals surface area contributed by atoms with Gasteiger partial charge in [0.2, 0.25) is 5.91 Å². The maximum absolute atomic E-state index is 12.6. The van der Waals surface area contributed by atoms with Gasteiger partial charge in [0.1, 0.15) is 0 Å². The molecule has 2 heterocycles. The summed E-state index contributed by atoms with van der Waals surface area (Å²) < 4.78 is 0. The predicted octanol–water partition coefficient (Wildman–Crippen LogP) is 2.41. The molecule has 0 radical (unpaired) electrons. The molecular weight excluding hydrogens is 374 g/mol. The first-order chi connectivity index (χ1) is 13.6. The lowest BCUT2D eigenvalue weighted by Gasteiger charge is -2.37. The molecule has 148 valence electrons. The fraction of sp³-hybridized carbons (Fsp3) is 0.409. The molecule has 1 saturated heterocycles. The van der Waals surface area contributed by atoms with Gasteiger partial charge in [-0.3, -0.25) is 9.69 Å². The highest BCUT2D eigenvalue weighted by Gasteiger charge is 2.27. The van der Waals surface area contributed by atoms with Gasteiger partial charge in [-0.05, 0) is 41.8 Å². The number of amides is 1. The van der Waals surface area contributed by atoms with E-state index in [1.165, 1.54) is 11.1 Å². The quantitative estimate of drug-likeness (QED) is 0.838. The number of aliphatic hydroxyl groups is 1. The van der Waals surface area contributed by atoms with Crippen LogP contribution in [0.15, 0.2) is 48.5 Å². The highest BCUT2D eigenvalue weighted by atomic mass is 35.5. The summed E-state index contributed by atoms with van der Waals surface area (Å²) in [7, 11) is 0. The second-order valence-electron chi connectivity index (χ2n) is 7.65. The zero-order chi connectivity index (χ0) is 19.5. The zero-order valence-electron chi connectivity index (χ0n) is 15.9. The van der Waals surface area contributed by atoms with Gasteiger partial charge < -0.3 is 14.9 Å². The first-order valence-electron chi connectivity index (χ1n) is 9.84. The largest absolute Gasteiger partial charge is 0.390 e. The van der Waals surface area contributed by atoms with Crippen LogP contribution in [0.1, 0.15) is 11.1 Å². The van der Waals surface area contributed by atoms with E-state index in [0.717, 1.165) is 31.7 Å². The van der Waals surface area contributed by atoms with Crippen molar-refractivity contribution in [1.29, 1.82) is 0 Å². The molecular formula is C22H26ClN3O2. The molecule has 0 aromatic heterocycles. The molecule has 0 bridgehead atoms. The highest BCUT2D eigenvalue weighted by Crippen LogP contribution is 2.21. The van der Waals surface area contributed by atoms with Gasteiger partial charge in [0.05, 0.1) is 12.6 Å². The normalized spacial score (nSPS) is 18.9. The molecule has 2 aromatic carbocycles. The number of nitrogens with zero attached hydrogens (tertiary/aromatic N) is 3. The SMILES string of the molecule is O=C1CN(c2ccc(Cl)cc2)CCN1CC(O)CN1CCc2ccccc2C1. The summed E-state index contributed by atoms with van der Waals surface area (Å²) in [5.41, 5.74) is 3.75. The van der Waals surface area contributed by atoms with Crippen molar-refractivity contribution in [2.24, 2.45) is 0 Å². The van der Waals surface area contributed by atoms with Crippen molar-refractivity contribution in [3.05, 3.63) is 64.7 Å². The van der Waals surface area contributed by atoms with E-state index in [9.17, 15) is 9.90 Å². The van der Waals surface area contributed by atoms with E-state index in [-0.39, 0.29) is 5.91 Å². The summed E-state index contributed by atoms with van der Waals surface area (Å²) in [5, 5.41) is 11.3. The number of rotatable bonds is 5. The van der Waals surface area contributed by atoms with Gasteiger partial charge in [-0.2, -0.15) is 0 Å². The topological polar surface area (TPSA) is 47.0 Å². The molecule has 2 aliphatic heterocycles. The smallest absolute Gasteiger partial charge is 0.242 e. The van der Waals surface area contributed by atoms with E-state index in [1.54, 1.807) is 4.90 Å². The van der Waals surface area contributed by atoms with Gasteiger partial charge in [0.25, 0.3) is 0 Å². The van der Waals surface area contributed by atoms with E-state index in [4.69, 9.17) is 11.6 Å². The average molecular weight is 400 g/mol. The van der Waals surface area contributed by atoms with E-state index in [1.807, 2.05) is 24.3 Å². The fourth-order valence-electron chi connectivity index (χ4n) is 4.09. The highest BCUT2D eigenvalue weighted by molar-refractivity contribution is 6.30. The number of fused-ring (bicyclic) bond motifs is 1. The Morgan fingerprint density at radius 2 is 1.68 bits per heavy atom. The van der Waals surface area contributed by atoms with Crippen LogP contribution in [-0.2, 0) is 17.8 Å². The van der Waals surface area contributed by atoms with E-state index < -0.39 is 6.10 Å². The molecule has 1 atom stereocenters. The standard InChI is InChI=1S/C22H26ClN3O2/c23-19-5-7-20(8-6-19)25-11-12-26(22(28)16-25)15-21(27)14-24-10-9-17-3-1-2-4-18(17)13-24/h1-8,21,27H,9-16H2. The van der Waals surface area contributed by atoms with Crippen molar-refractivity contribution in [2.75, 3.05) is 44.2 Å². The Bertz CT molecular complexity index is 827. The molecule has 5 nitrogen and oxygen atoms in total. The molecule has 0 spiro atoms. The van der Waals surface area contributed by atoms with Crippen molar-refractivity contribution in [1.82, 2.24) is 9.80 Å². The third-order valence-corrected chi connectivity index (χ3v) is 5.87. The number of benzene rings is 2. The lowest BCUT2D eigenvalue weighted by atomic mass is 10.00. The molecule has 0 saturated carbocycles. The molecule has 4 rings (SSSR count). The molecule has 2 aromatic rings. The van der Waals surface area contributed by atoms with Crippen molar-refractivity contribution in [2.45, 2.75) is 19.1 Å². The Morgan fingerprint density at radius 3 is 2.43 bits per heavy atom. The number of carbonyl (C=O) groups is 1. The molecule has 1 amide bonds. The fourth-order valence-corrected chi connectivity index (χ4v) is 4.22. The third kappa shape index (κ3) is 4.49. The monoisotopic (exact) mass is 399 g/mol. The Hall–Kier alpha value is -2.08. The minimum atomic E-state index is -0.531. The van der Waals surface area contributed by atoms with Crippen molar-refractivity contribution in [3.8, 4) is 0 Å². The number of aliphatic hydroxyl groups excluding tert-OH is 1. The van der Waals surface area contributed by atoms with Crippen LogP contribution in [0.2, 0.25) is 5.02 Å². The van der Waals surface area contributed by atoms with Crippen LogP contribution in [0.25, 0.3) is 0 Å². The van der Waals surface area contributed by atoms with Gasteiger partial charge in [-0.15, -0.1) is 0 Å². The second-order valence-corrected chi connectivity index (χ2v) is 8.08. The number of halogens is 1. The number of piperazine rings is 1. The lowest BCUT2D eigenvalue weighted by molar-refractivity contribution is -0.132.